The third-order valence-electron chi connectivity index (χ3n) is 9.84. The Morgan fingerprint density at radius 1 is 0.622 bits per heavy atom. The lowest BCUT2D eigenvalue weighted by Gasteiger charge is -2.47. The minimum absolute atomic E-state index is 0.000517. The lowest BCUT2D eigenvalue weighted by molar-refractivity contribution is -0.140. The SMILES string of the molecule is COC(c1ccccc1)(c1ccccc1)[C@@H]1OB([C@H]2C[C@@H]2[C@H]2COC(C)(C)O2)O[C@H]1C(OC)(c1ccccc1)c1ccccc1. The summed E-state index contributed by atoms with van der Waals surface area (Å²) in [5, 5.41) is 0. The van der Waals surface area contributed by atoms with Crippen molar-refractivity contribution in [2.45, 2.75) is 61.4 Å². The molecule has 5 atom stereocenters. The quantitative estimate of drug-likeness (QED) is 0.182. The second kappa shape index (κ2) is 12.1. The van der Waals surface area contributed by atoms with E-state index in [0.717, 1.165) is 28.7 Å². The van der Waals surface area contributed by atoms with Crippen molar-refractivity contribution in [1.82, 2.24) is 0 Å². The molecule has 2 saturated heterocycles. The van der Waals surface area contributed by atoms with Crippen LogP contribution < -0.4 is 0 Å². The summed E-state index contributed by atoms with van der Waals surface area (Å²) < 4.78 is 40.2. The second-order valence-electron chi connectivity index (χ2n) is 12.8. The van der Waals surface area contributed by atoms with E-state index in [2.05, 4.69) is 48.5 Å². The van der Waals surface area contributed by atoms with E-state index in [4.69, 9.17) is 28.3 Å². The molecule has 2 heterocycles. The zero-order chi connectivity index (χ0) is 31.1. The van der Waals surface area contributed by atoms with Gasteiger partial charge in [-0.25, -0.2) is 0 Å². The highest BCUT2D eigenvalue weighted by atomic mass is 16.7. The molecule has 0 bridgehead atoms. The summed E-state index contributed by atoms with van der Waals surface area (Å²) >= 11 is 0. The van der Waals surface area contributed by atoms with Gasteiger partial charge in [0.05, 0.1) is 12.7 Å². The first-order chi connectivity index (χ1) is 21.9. The van der Waals surface area contributed by atoms with Crippen molar-refractivity contribution in [2.24, 2.45) is 5.92 Å². The van der Waals surface area contributed by atoms with E-state index in [9.17, 15) is 0 Å². The number of methoxy groups -OCH3 is 2. The Kier molecular flexibility index (Phi) is 8.19. The average molecular weight is 605 g/mol. The maximum Gasteiger partial charge on any atom is 0.461 e. The fourth-order valence-corrected chi connectivity index (χ4v) is 7.62. The molecule has 1 saturated carbocycles. The first kappa shape index (κ1) is 30.4. The third-order valence-corrected chi connectivity index (χ3v) is 9.84. The molecule has 0 amide bonds. The van der Waals surface area contributed by atoms with Gasteiger partial charge in [-0.2, -0.15) is 0 Å². The summed E-state index contributed by atoms with van der Waals surface area (Å²) in [7, 11) is 3.03. The summed E-state index contributed by atoms with van der Waals surface area (Å²) in [5.74, 6) is -0.174. The van der Waals surface area contributed by atoms with Crippen LogP contribution in [0, 0.1) is 5.92 Å². The number of ether oxygens (including phenoxy) is 4. The standard InChI is InChI=1S/C38H41BO6/c1-36(2)42-26-33(43-36)31-25-32(31)39-44-34(37(40-3,27-17-9-5-10-18-27)28-19-11-6-12-20-28)35(45-39)38(41-4,29-21-13-7-14-22-29)30-23-15-8-16-24-30/h5-24,31-35H,25-26H2,1-4H3/t31-,32-,33+,34+,35+/m0/s1. The van der Waals surface area contributed by atoms with E-state index >= 15 is 0 Å². The smallest absolute Gasteiger partial charge is 0.402 e. The second-order valence-corrected chi connectivity index (χ2v) is 12.8. The minimum atomic E-state index is -1.02. The molecule has 0 N–H and O–H groups in total. The third kappa shape index (κ3) is 5.26. The van der Waals surface area contributed by atoms with Crippen LogP contribution in [0.4, 0.5) is 0 Å². The van der Waals surface area contributed by atoms with Gasteiger partial charge in [-0.3, -0.25) is 0 Å². The predicted molar refractivity (Wildman–Crippen MR) is 174 cm³/mol. The molecule has 0 radical (unpaired) electrons. The number of hydrogen-bond donors (Lipinski definition) is 0. The summed E-state index contributed by atoms with van der Waals surface area (Å²) in [6.45, 7) is 4.51. The lowest BCUT2D eigenvalue weighted by atomic mass is 9.71. The average Bonchev–Trinajstić information content (AvgIpc) is 3.63. The van der Waals surface area contributed by atoms with Crippen molar-refractivity contribution in [2.75, 3.05) is 20.8 Å². The van der Waals surface area contributed by atoms with Crippen LogP contribution in [-0.4, -0.2) is 52.0 Å². The van der Waals surface area contributed by atoms with Crippen molar-refractivity contribution in [1.29, 1.82) is 0 Å². The molecule has 7 rings (SSSR count). The topological polar surface area (TPSA) is 55.4 Å². The maximum atomic E-state index is 7.23. The van der Waals surface area contributed by atoms with E-state index in [-0.39, 0.29) is 17.8 Å². The van der Waals surface area contributed by atoms with Gasteiger partial charge >= 0.3 is 7.12 Å². The van der Waals surface area contributed by atoms with Gasteiger partial charge in [-0.1, -0.05) is 121 Å². The van der Waals surface area contributed by atoms with Crippen LogP contribution in [0.1, 0.15) is 42.5 Å². The van der Waals surface area contributed by atoms with Gasteiger partial charge < -0.3 is 28.3 Å². The fraction of sp³-hybridized carbons (Fsp3) is 0.368. The molecule has 3 fully saturated rings. The molecule has 4 aromatic rings. The van der Waals surface area contributed by atoms with E-state index in [1.807, 2.05) is 86.6 Å². The summed E-state index contributed by atoms with van der Waals surface area (Å²) in [5.41, 5.74) is 1.87. The zero-order valence-electron chi connectivity index (χ0n) is 26.4. The van der Waals surface area contributed by atoms with E-state index in [1.54, 1.807) is 14.2 Å². The molecular weight excluding hydrogens is 563 g/mol. The molecular formula is C38H41BO6. The lowest BCUT2D eigenvalue weighted by Crippen LogP contribution is -2.56. The molecule has 0 aromatic heterocycles. The van der Waals surface area contributed by atoms with Gasteiger partial charge in [0.1, 0.15) is 23.4 Å². The van der Waals surface area contributed by atoms with Crippen LogP contribution in [0.5, 0.6) is 0 Å². The number of hydrogen-bond acceptors (Lipinski definition) is 6. The van der Waals surface area contributed by atoms with E-state index in [1.165, 1.54) is 0 Å². The Morgan fingerprint density at radius 2 is 1.00 bits per heavy atom. The van der Waals surface area contributed by atoms with Crippen molar-refractivity contribution in [3.05, 3.63) is 144 Å². The highest BCUT2D eigenvalue weighted by Gasteiger charge is 2.66. The Balaban J connectivity index is 1.40. The molecule has 7 heteroatoms. The van der Waals surface area contributed by atoms with Gasteiger partial charge in [0.15, 0.2) is 5.79 Å². The van der Waals surface area contributed by atoms with Gasteiger partial charge in [-0.15, -0.1) is 0 Å². The van der Waals surface area contributed by atoms with Crippen LogP contribution in [-0.2, 0) is 39.5 Å². The van der Waals surface area contributed by atoms with Crippen molar-refractivity contribution < 1.29 is 28.3 Å². The molecule has 6 nitrogen and oxygen atoms in total. The fourth-order valence-electron chi connectivity index (χ4n) is 7.62. The molecule has 3 aliphatic rings. The van der Waals surface area contributed by atoms with Crippen LogP contribution in [0.2, 0.25) is 5.82 Å². The molecule has 1 aliphatic carbocycles. The Hall–Kier alpha value is -3.30. The van der Waals surface area contributed by atoms with Crippen molar-refractivity contribution in [3.8, 4) is 0 Å². The Morgan fingerprint density at radius 3 is 1.31 bits per heavy atom. The molecule has 0 spiro atoms. The van der Waals surface area contributed by atoms with Crippen LogP contribution in [0.15, 0.2) is 121 Å². The molecule has 45 heavy (non-hydrogen) atoms. The van der Waals surface area contributed by atoms with Crippen LogP contribution >= 0.6 is 0 Å². The van der Waals surface area contributed by atoms with Crippen molar-refractivity contribution in [3.63, 3.8) is 0 Å². The van der Waals surface area contributed by atoms with E-state index < -0.39 is 36.3 Å². The van der Waals surface area contributed by atoms with Gasteiger partial charge in [0, 0.05) is 14.2 Å². The van der Waals surface area contributed by atoms with Crippen molar-refractivity contribution >= 4 is 7.12 Å². The largest absolute Gasteiger partial charge is 0.461 e. The summed E-state index contributed by atoms with van der Waals surface area (Å²) in [4.78, 5) is 0. The zero-order valence-corrected chi connectivity index (χ0v) is 26.4. The summed E-state index contributed by atoms with van der Waals surface area (Å²) in [6.07, 6.45) is -0.269. The molecule has 0 unspecified atom stereocenters. The Labute approximate surface area is 266 Å². The molecule has 2 aliphatic heterocycles. The van der Waals surface area contributed by atoms with Gasteiger partial charge in [-0.05, 0) is 54.3 Å². The normalized spacial score (nSPS) is 26.2. The van der Waals surface area contributed by atoms with Gasteiger partial charge in [0.2, 0.25) is 0 Å². The first-order valence-electron chi connectivity index (χ1n) is 15.9. The van der Waals surface area contributed by atoms with Gasteiger partial charge in [0.25, 0.3) is 0 Å². The maximum absolute atomic E-state index is 7.23. The molecule has 4 aromatic carbocycles. The highest BCUT2D eigenvalue weighted by Crippen LogP contribution is 2.58. The minimum Gasteiger partial charge on any atom is -0.402 e. The molecule has 232 valence electrons. The van der Waals surface area contributed by atoms with Crippen LogP contribution in [0.3, 0.4) is 0 Å². The van der Waals surface area contributed by atoms with E-state index in [0.29, 0.717) is 6.61 Å². The Bertz CT molecular complexity index is 1370. The van der Waals surface area contributed by atoms with Crippen LogP contribution in [0.25, 0.3) is 0 Å². The first-order valence-corrected chi connectivity index (χ1v) is 15.9. The summed E-state index contributed by atoms with van der Waals surface area (Å²) in [6, 6.07) is 41.3. The highest BCUT2D eigenvalue weighted by molar-refractivity contribution is 6.48. The predicted octanol–water partition coefficient (Wildman–Crippen LogP) is 6.98. The monoisotopic (exact) mass is 604 g/mol. The number of rotatable bonds is 10. The number of benzene rings is 4.